The SMILES string of the molecule is Cn1c(CNC(=O)CCC2CCN(S(=O)(=O)c3ccccc3)CC2)nc2ccccc21. The summed E-state index contributed by atoms with van der Waals surface area (Å²) in [4.78, 5) is 17.3. The Labute approximate surface area is 183 Å². The molecule has 0 spiro atoms. The minimum absolute atomic E-state index is 0.00592. The van der Waals surface area contributed by atoms with Gasteiger partial charge < -0.3 is 9.88 Å². The number of hydrogen-bond donors (Lipinski definition) is 1. The first-order valence-corrected chi connectivity index (χ1v) is 12.1. The van der Waals surface area contributed by atoms with E-state index in [0.29, 0.717) is 36.9 Å². The number of rotatable bonds is 7. The molecule has 3 aromatic rings. The zero-order valence-electron chi connectivity index (χ0n) is 17.7. The Morgan fingerprint density at radius 3 is 2.45 bits per heavy atom. The highest BCUT2D eigenvalue weighted by Crippen LogP contribution is 2.26. The van der Waals surface area contributed by atoms with Gasteiger partial charge in [0.2, 0.25) is 15.9 Å². The first-order valence-electron chi connectivity index (χ1n) is 10.7. The van der Waals surface area contributed by atoms with Crippen molar-refractivity contribution in [2.45, 2.75) is 37.1 Å². The lowest BCUT2D eigenvalue weighted by Gasteiger charge is -2.31. The number of nitrogens with one attached hydrogen (secondary N) is 1. The summed E-state index contributed by atoms with van der Waals surface area (Å²) in [6.45, 7) is 1.41. The number of para-hydroxylation sites is 2. The summed E-state index contributed by atoms with van der Waals surface area (Å²) in [6.07, 6.45) is 2.78. The topological polar surface area (TPSA) is 84.3 Å². The molecule has 31 heavy (non-hydrogen) atoms. The molecule has 1 amide bonds. The molecule has 0 atom stereocenters. The molecule has 2 aromatic carbocycles. The second-order valence-electron chi connectivity index (χ2n) is 8.05. The average Bonchev–Trinajstić information content (AvgIpc) is 3.13. The lowest BCUT2D eigenvalue weighted by atomic mass is 9.93. The molecule has 1 N–H and O–H groups in total. The Kier molecular flexibility index (Phi) is 6.38. The molecule has 1 saturated heterocycles. The van der Waals surface area contributed by atoms with Gasteiger partial charge in [-0.2, -0.15) is 4.31 Å². The molecule has 0 aliphatic carbocycles. The van der Waals surface area contributed by atoms with Gasteiger partial charge in [0.25, 0.3) is 0 Å². The van der Waals surface area contributed by atoms with E-state index < -0.39 is 10.0 Å². The van der Waals surface area contributed by atoms with Crippen LogP contribution >= 0.6 is 0 Å². The molecule has 0 bridgehead atoms. The number of aromatic nitrogens is 2. The molecule has 7 nitrogen and oxygen atoms in total. The van der Waals surface area contributed by atoms with E-state index in [0.717, 1.165) is 36.1 Å². The number of nitrogens with zero attached hydrogens (tertiary/aromatic N) is 3. The Morgan fingerprint density at radius 1 is 1.06 bits per heavy atom. The predicted octanol–water partition coefficient (Wildman–Crippen LogP) is 3.07. The molecule has 4 rings (SSSR count). The van der Waals surface area contributed by atoms with Crippen LogP contribution < -0.4 is 5.32 Å². The summed E-state index contributed by atoms with van der Waals surface area (Å²) in [5.74, 6) is 1.20. The smallest absolute Gasteiger partial charge is 0.243 e. The van der Waals surface area contributed by atoms with E-state index in [2.05, 4.69) is 10.3 Å². The van der Waals surface area contributed by atoms with Crippen LogP contribution in [0.5, 0.6) is 0 Å². The van der Waals surface area contributed by atoms with Crippen molar-refractivity contribution in [3.05, 3.63) is 60.4 Å². The van der Waals surface area contributed by atoms with Gasteiger partial charge in [-0.3, -0.25) is 4.79 Å². The van der Waals surface area contributed by atoms with E-state index >= 15 is 0 Å². The van der Waals surface area contributed by atoms with E-state index in [9.17, 15) is 13.2 Å². The molecule has 1 aromatic heterocycles. The second kappa shape index (κ2) is 9.20. The fraction of sp³-hybridized carbons (Fsp3) is 0.391. The molecule has 1 aliphatic rings. The number of fused-ring (bicyclic) bond motifs is 1. The Balaban J connectivity index is 1.23. The Morgan fingerprint density at radius 2 is 1.74 bits per heavy atom. The fourth-order valence-corrected chi connectivity index (χ4v) is 5.63. The van der Waals surface area contributed by atoms with E-state index in [1.807, 2.05) is 41.9 Å². The summed E-state index contributed by atoms with van der Waals surface area (Å²) in [5.41, 5.74) is 1.97. The van der Waals surface area contributed by atoms with Crippen molar-refractivity contribution < 1.29 is 13.2 Å². The van der Waals surface area contributed by atoms with Crippen molar-refractivity contribution in [2.75, 3.05) is 13.1 Å². The third-order valence-corrected chi connectivity index (χ3v) is 7.97. The van der Waals surface area contributed by atoms with Crippen molar-refractivity contribution in [3.8, 4) is 0 Å². The Hall–Kier alpha value is -2.71. The molecule has 1 fully saturated rings. The lowest BCUT2D eigenvalue weighted by Crippen LogP contribution is -2.38. The minimum atomic E-state index is -3.43. The molecular weight excluding hydrogens is 412 g/mol. The van der Waals surface area contributed by atoms with E-state index in [4.69, 9.17) is 0 Å². The van der Waals surface area contributed by atoms with Crippen molar-refractivity contribution in [1.29, 1.82) is 0 Å². The Bertz CT molecular complexity index is 1150. The molecule has 8 heteroatoms. The van der Waals surface area contributed by atoms with Crippen LogP contribution in [0.3, 0.4) is 0 Å². The standard InChI is InChI=1S/C23H28N4O3S/c1-26-21-10-6-5-9-20(21)25-22(26)17-24-23(28)12-11-18-13-15-27(16-14-18)31(29,30)19-7-3-2-4-8-19/h2-10,18H,11-17H2,1H3,(H,24,28). The van der Waals surface area contributed by atoms with Crippen molar-refractivity contribution in [1.82, 2.24) is 19.2 Å². The number of amides is 1. The van der Waals surface area contributed by atoms with Gasteiger partial charge in [-0.25, -0.2) is 13.4 Å². The first-order chi connectivity index (χ1) is 14.9. The third kappa shape index (κ3) is 4.80. The number of aryl methyl sites for hydroxylation is 1. The highest BCUT2D eigenvalue weighted by atomic mass is 32.2. The van der Waals surface area contributed by atoms with Gasteiger partial charge in [0.1, 0.15) is 5.82 Å². The van der Waals surface area contributed by atoms with Gasteiger partial charge in [0.15, 0.2) is 0 Å². The summed E-state index contributed by atoms with van der Waals surface area (Å²) < 4.78 is 29.0. The molecular formula is C23H28N4O3S. The molecule has 0 unspecified atom stereocenters. The quantitative estimate of drug-likeness (QED) is 0.612. The number of imidazole rings is 1. The number of sulfonamides is 1. The summed E-state index contributed by atoms with van der Waals surface area (Å²) in [7, 11) is -1.47. The van der Waals surface area contributed by atoms with E-state index in [-0.39, 0.29) is 5.91 Å². The van der Waals surface area contributed by atoms with E-state index in [1.165, 1.54) is 0 Å². The number of hydrogen-bond acceptors (Lipinski definition) is 4. The van der Waals surface area contributed by atoms with Crippen LogP contribution in [0.2, 0.25) is 0 Å². The first kappa shape index (κ1) is 21.5. The van der Waals surface area contributed by atoms with Crippen LogP contribution in [0, 0.1) is 5.92 Å². The van der Waals surface area contributed by atoms with Crippen molar-refractivity contribution >= 4 is 27.0 Å². The van der Waals surface area contributed by atoms with Gasteiger partial charge in [-0.15, -0.1) is 0 Å². The highest BCUT2D eigenvalue weighted by Gasteiger charge is 2.29. The monoisotopic (exact) mass is 440 g/mol. The number of piperidine rings is 1. The maximum Gasteiger partial charge on any atom is 0.243 e. The minimum Gasteiger partial charge on any atom is -0.349 e. The molecule has 164 valence electrons. The maximum absolute atomic E-state index is 12.7. The third-order valence-electron chi connectivity index (χ3n) is 6.06. The van der Waals surface area contributed by atoms with Gasteiger partial charge in [-0.05, 0) is 49.4 Å². The van der Waals surface area contributed by atoms with Crippen LogP contribution in [0.25, 0.3) is 11.0 Å². The largest absolute Gasteiger partial charge is 0.349 e. The predicted molar refractivity (Wildman–Crippen MR) is 120 cm³/mol. The van der Waals surface area contributed by atoms with Gasteiger partial charge in [-0.1, -0.05) is 30.3 Å². The van der Waals surface area contributed by atoms with Crippen molar-refractivity contribution in [3.63, 3.8) is 0 Å². The zero-order chi connectivity index (χ0) is 21.8. The van der Waals surface area contributed by atoms with Crippen LogP contribution in [0.4, 0.5) is 0 Å². The van der Waals surface area contributed by atoms with Gasteiger partial charge in [0, 0.05) is 26.6 Å². The second-order valence-corrected chi connectivity index (χ2v) is 9.99. The maximum atomic E-state index is 12.7. The number of carbonyl (C=O) groups is 1. The summed E-state index contributed by atoms with van der Waals surface area (Å²) in [5, 5.41) is 2.97. The molecule has 0 radical (unpaired) electrons. The molecule has 2 heterocycles. The lowest BCUT2D eigenvalue weighted by molar-refractivity contribution is -0.121. The van der Waals surface area contributed by atoms with Crippen LogP contribution in [-0.2, 0) is 28.4 Å². The number of benzene rings is 2. The highest BCUT2D eigenvalue weighted by molar-refractivity contribution is 7.89. The molecule has 1 aliphatic heterocycles. The van der Waals surface area contributed by atoms with Crippen molar-refractivity contribution in [2.24, 2.45) is 13.0 Å². The summed E-state index contributed by atoms with van der Waals surface area (Å²) >= 11 is 0. The van der Waals surface area contributed by atoms with Crippen LogP contribution in [-0.4, -0.2) is 41.3 Å². The van der Waals surface area contributed by atoms with Crippen LogP contribution in [0.15, 0.2) is 59.5 Å². The van der Waals surface area contributed by atoms with E-state index in [1.54, 1.807) is 28.6 Å². The average molecular weight is 441 g/mol. The fourth-order valence-electron chi connectivity index (χ4n) is 4.13. The number of carbonyl (C=O) groups excluding carboxylic acids is 1. The van der Waals surface area contributed by atoms with Gasteiger partial charge in [0.05, 0.1) is 22.5 Å². The normalized spacial score (nSPS) is 15.9. The zero-order valence-corrected chi connectivity index (χ0v) is 18.5. The molecule has 0 saturated carbocycles. The summed E-state index contributed by atoms with van der Waals surface area (Å²) in [6, 6.07) is 16.5. The van der Waals surface area contributed by atoms with Gasteiger partial charge >= 0.3 is 0 Å². The van der Waals surface area contributed by atoms with Crippen LogP contribution in [0.1, 0.15) is 31.5 Å².